The maximum atomic E-state index is 5.80. The summed E-state index contributed by atoms with van der Waals surface area (Å²) in [6.07, 6.45) is 11.7. The molecule has 2 aliphatic rings. The molecule has 0 bridgehead atoms. The van der Waals surface area contributed by atoms with E-state index in [1.165, 1.54) is 38.5 Å². The molecule has 0 aliphatic carbocycles. The minimum Gasteiger partial charge on any atom is -0.390 e. The zero-order valence-electron chi connectivity index (χ0n) is 16.9. The van der Waals surface area contributed by atoms with Crippen LogP contribution in [-0.4, -0.2) is 26.4 Å². The van der Waals surface area contributed by atoms with E-state index < -0.39 is 0 Å². The first-order valence-electron chi connectivity index (χ1n) is 9.10. The van der Waals surface area contributed by atoms with Gasteiger partial charge in [-0.1, -0.05) is 39.5 Å². The van der Waals surface area contributed by atoms with E-state index in [2.05, 4.69) is 13.8 Å². The van der Waals surface area contributed by atoms with Gasteiger partial charge in [-0.2, -0.15) is 0 Å². The standard InChI is InChI=1S/C12H20.2C4H8O.2Li/c1-5-7-9-11(3)12(4)10-8-6-2;2*1-2-4-5-3-1;;/h3-4H,5-10H2,1-2H3;2*1-4H2;;/q-2;;;2*+1. The number of unbranched alkanes of at least 4 members (excludes halogenated alkanes) is 2. The number of hydrogen-bond acceptors (Lipinski definition) is 2. The second-order valence-corrected chi connectivity index (χ2v) is 5.90. The van der Waals surface area contributed by atoms with Crippen LogP contribution in [0.4, 0.5) is 0 Å². The van der Waals surface area contributed by atoms with Gasteiger partial charge in [-0.3, -0.25) is 0 Å². The molecule has 130 valence electrons. The maximum Gasteiger partial charge on any atom is 1.00 e. The van der Waals surface area contributed by atoms with Gasteiger partial charge in [-0.15, -0.1) is 12.8 Å². The molecule has 0 saturated carbocycles. The summed E-state index contributed by atoms with van der Waals surface area (Å²) in [6, 6.07) is 0. The number of allylic oxidation sites excluding steroid dienone is 2. The molecule has 0 atom stereocenters. The minimum absolute atomic E-state index is 0. The molecule has 0 unspecified atom stereocenters. The van der Waals surface area contributed by atoms with Crippen molar-refractivity contribution in [3.8, 4) is 0 Å². The minimum atomic E-state index is 0. The van der Waals surface area contributed by atoms with Gasteiger partial charge in [-0.05, 0) is 25.7 Å². The Morgan fingerprint density at radius 2 is 0.958 bits per heavy atom. The topological polar surface area (TPSA) is 18.5 Å². The summed E-state index contributed by atoms with van der Waals surface area (Å²) in [5, 5.41) is 0. The molecule has 0 radical (unpaired) electrons. The Hall–Kier alpha value is 0.595. The van der Waals surface area contributed by atoms with E-state index in [0.717, 1.165) is 63.3 Å². The van der Waals surface area contributed by atoms with Crippen molar-refractivity contribution in [2.45, 2.75) is 78.1 Å². The van der Waals surface area contributed by atoms with Crippen LogP contribution in [0.15, 0.2) is 11.1 Å². The van der Waals surface area contributed by atoms with Crippen LogP contribution in [0.25, 0.3) is 0 Å². The second-order valence-electron chi connectivity index (χ2n) is 5.90. The molecule has 0 amide bonds. The Morgan fingerprint density at radius 3 is 1.12 bits per heavy atom. The van der Waals surface area contributed by atoms with Crippen LogP contribution < -0.4 is 37.7 Å². The molecule has 0 spiro atoms. The summed E-state index contributed by atoms with van der Waals surface area (Å²) in [6.45, 7) is 19.9. The molecule has 2 fully saturated rings. The second kappa shape index (κ2) is 23.6. The molecule has 2 nitrogen and oxygen atoms in total. The quantitative estimate of drug-likeness (QED) is 0.364. The van der Waals surface area contributed by atoms with Crippen molar-refractivity contribution in [1.29, 1.82) is 0 Å². The van der Waals surface area contributed by atoms with Crippen LogP contribution in [0.2, 0.25) is 0 Å². The maximum absolute atomic E-state index is 5.80. The molecule has 2 aliphatic heterocycles. The summed E-state index contributed by atoms with van der Waals surface area (Å²) in [5.41, 5.74) is 1.82. The van der Waals surface area contributed by atoms with Gasteiger partial charge in [0.25, 0.3) is 0 Å². The fraction of sp³-hybridized carbons (Fsp3) is 0.800. The van der Waals surface area contributed by atoms with Crippen molar-refractivity contribution in [3.63, 3.8) is 0 Å². The average molecular weight is 322 g/mol. The fourth-order valence-electron chi connectivity index (χ4n) is 2.08. The molecular formula is C20H36Li2O2. The Balaban J connectivity index is -0.000000303. The molecule has 0 aromatic heterocycles. The molecule has 2 rings (SSSR count). The smallest absolute Gasteiger partial charge is 0.390 e. The first-order valence-corrected chi connectivity index (χ1v) is 9.10. The Kier molecular flexibility index (Phi) is 28.9. The van der Waals surface area contributed by atoms with Crippen LogP contribution in [0.3, 0.4) is 0 Å². The Bertz CT molecular complexity index is 230. The van der Waals surface area contributed by atoms with Crippen LogP contribution in [0.5, 0.6) is 0 Å². The van der Waals surface area contributed by atoms with Gasteiger partial charge in [0.1, 0.15) is 0 Å². The molecule has 4 heteroatoms. The van der Waals surface area contributed by atoms with Crippen molar-refractivity contribution >= 4 is 0 Å². The molecule has 0 aromatic carbocycles. The summed E-state index contributed by atoms with van der Waals surface area (Å²) < 4.78 is 9.89. The van der Waals surface area contributed by atoms with E-state index >= 15 is 0 Å². The summed E-state index contributed by atoms with van der Waals surface area (Å²) in [4.78, 5) is 0. The SMILES string of the molecule is C1CCOC1.C1CCOC1.[CH-]=C(CCCC)C(=[CH-])CCCC.[Li+].[Li+]. The van der Waals surface area contributed by atoms with Crippen molar-refractivity contribution in [3.05, 3.63) is 24.3 Å². The van der Waals surface area contributed by atoms with Gasteiger partial charge in [0, 0.05) is 26.4 Å². The van der Waals surface area contributed by atoms with E-state index in [4.69, 9.17) is 22.6 Å². The molecule has 2 saturated heterocycles. The average Bonchev–Trinajstić information content (AvgIpc) is 3.27. The zero-order valence-corrected chi connectivity index (χ0v) is 16.9. The van der Waals surface area contributed by atoms with Crippen LogP contribution in [0.1, 0.15) is 78.1 Å². The van der Waals surface area contributed by atoms with Crippen LogP contribution >= 0.6 is 0 Å². The van der Waals surface area contributed by atoms with Crippen molar-refractivity contribution in [2.24, 2.45) is 0 Å². The summed E-state index contributed by atoms with van der Waals surface area (Å²) >= 11 is 0. The van der Waals surface area contributed by atoms with Gasteiger partial charge in [0.15, 0.2) is 0 Å². The fourth-order valence-corrected chi connectivity index (χ4v) is 2.08. The third-order valence-electron chi connectivity index (χ3n) is 3.67. The van der Waals surface area contributed by atoms with Crippen LogP contribution in [0, 0.1) is 13.2 Å². The normalized spacial score (nSPS) is 14.9. The third kappa shape index (κ3) is 20.6. The van der Waals surface area contributed by atoms with E-state index in [-0.39, 0.29) is 37.7 Å². The molecule has 0 aromatic rings. The number of rotatable bonds is 7. The summed E-state index contributed by atoms with van der Waals surface area (Å²) in [5.74, 6) is 0. The van der Waals surface area contributed by atoms with Crippen molar-refractivity contribution < 1.29 is 47.2 Å². The first-order chi connectivity index (χ1) is 10.7. The van der Waals surface area contributed by atoms with Gasteiger partial charge >= 0.3 is 37.7 Å². The monoisotopic (exact) mass is 322 g/mol. The first kappa shape index (κ1) is 29.4. The predicted molar refractivity (Wildman–Crippen MR) is 94.8 cm³/mol. The van der Waals surface area contributed by atoms with Gasteiger partial charge in [0.2, 0.25) is 0 Å². The van der Waals surface area contributed by atoms with Gasteiger partial charge < -0.3 is 33.8 Å². The van der Waals surface area contributed by atoms with Crippen molar-refractivity contribution in [2.75, 3.05) is 26.4 Å². The van der Waals surface area contributed by atoms with Gasteiger partial charge in [0.05, 0.1) is 0 Å². The summed E-state index contributed by atoms with van der Waals surface area (Å²) in [7, 11) is 0. The van der Waals surface area contributed by atoms with E-state index in [9.17, 15) is 0 Å². The van der Waals surface area contributed by atoms with Crippen molar-refractivity contribution in [1.82, 2.24) is 0 Å². The van der Waals surface area contributed by atoms with E-state index in [1.54, 1.807) is 0 Å². The number of ether oxygens (including phenoxy) is 2. The molecular weight excluding hydrogens is 286 g/mol. The van der Waals surface area contributed by atoms with Crippen LogP contribution in [-0.2, 0) is 9.47 Å². The predicted octanol–water partition coefficient (Wildman–Crippen LogP) is -0.313. The van der Waals surface area contributed by atoms with E-state index in [0.29, 0.717) is 0 Å². The zero-order chi connectivity index (χ0) is 16.5. The largest absolute Gasteiger partial charge is 1.00 e. The molecule has 24 heavy (non-hydrogen) atoms. The number of hydrogen-bond donors (Lipinski definition) is 0. The Labute approximate surface area is 175 Å². The molecule has 2 heterocycles. The Morgan fingerprint density at radius 1 is 0.667 bits per heavy atom. The third-order valence-corrected chi connectivity index (χ3v) is 3.67. The van der Waals surface area contributed by atoms with Gasteiger partial charge in [-0.25, -0.2) is 0 Å². The molecule has 0 N–H and O–H groups in total. The van der Waals surface area contributed by atoms with E-state index in [1.807, 2.05) is 0 Å².